The molecule has 0 saturated heterocycles. The lowest BCUT2D eigenvalue weighted by Crippen LogP contribution is -2.00. The molecule has 0 radical (unpaired) electrons. The van der Waals surface area contributed by atoms with E-state index in [0.29, 0.717) is 5.95 Å². The Labute approximate surface area is 101 Å². The van der Waals surface area contributed by atoms with Gasteiger partial charge in [-0.15, -0.1) is 0 Å². The summed E-state index contributed by atoms with van der Waals surface area (Å²) in [5.41, 5.74) is 3.95. The average molecular weight is 228 g/mol. The summed E-state index contributed by atoms with van der Waals surface area (Å²) in [6.45, 7) is 3.92. The zero-order valence-electron chi connectivity index (χ0n) is 10.3. The van der Waals surface area contributed by atoms with Crippen molar-refractivity contribution >= 4 is 17.3 Å². The predicted octanol–water partition coefficient (Wildman–Crippen LogP) is 2.88. The number of aromatic nitrogens is 2. The molecule has 0 spiro atoms. The van der Waals surface area contributed by atoms with Gasteiger partial charge in [0.2, 0.25) is 5.95 Å². The molecule has 1 aromatic carbocycles. The number of nitrogens with one attached hydrogen (secondary N) is 2. The second kappa shape index (κ2) is 4.82. The molecule has 88 valence electrons. The van der Waals surface area contributed by atoms with E-state index in [9.17, 15) is 0 Å². The maximum atomic E-state index is 4.34. The van der Waals surface area contributed by atoms with Gasteiger partial charge in [-0.25, -0.2) is 9.97 Å². The van der Waals surface area contributed by atoms with Crippen LogP contribution in [0.4, 0.5) is 17.3 Å². The molecule has 1 heterocycles. The van der Waals surface area contributed by atoms with Gasteiger partial charge in [-0.3, -0.25) is 0 Å². The summed E-state index contributed by atoms with van der Waals surface area (Å²) in [6, 6.07) is 9.95. The normalized spacial score (nSPS) is 10.1. The summed E-state index contributed by atoms with van der Waals surface area (Å²) in [5.74, 6) is 0.635. The zero-order valence-corrected chi connectivity index (χ0v) is 10.3. The van der Waals surface area contributed by atoms with Crippen LogP contribution in [0.5, 0.6) is 0 Å². The van der Waals surface area contributed by atoms with Crippen molar-refractivity contribution in [2.45, 2.75) is 13.8 Å². The summed E-state index contributed by atoms with van der Waals surface area (Å²) in [7, 11) is 1.90. The quantitative estimate of drug-likeness (QED) is 0.848. The van der Waals surface area contributed by atoms with Gasteiger partial charge in [0.15, 0.2) is 0 Å². The van der Waals surface area contributed by atoms with Crippen LogP contribution in [0.15, 0.2) is 30.3 Å². The smallest absolute Gasteiger partial charge is 0.227 e. The molecule has 1 aromatic heterocycles. The van der Waals surface area contributed by atoms with Crippen molar-refractivity contribution in [3.05, 3.63) is 41.7 Å². The summed E-state index contributed by atoms with van der Waals surface area (Å²) >= 11 is 0. The van der Waals surface area contributed by atoms with Crippen LogP contribution >= 0.6 is 0 Å². The Morgan fingerprint density at radius 3 is 2.24 bits per heavy atom. The minimum atomic E-state index is 0.635. The van der Waals surface area contributed by atoms with Crippen molar-refractivity contribution in [1.82, 2.24) is 9.97 Å². The van der Waals surface area contributed by atoms with Gasteiger partial charge in [-0.05, 0) is 38.1 Å². The van der Waals surface area contributed by atoms with Crippen LogP contribution in [-0.2, 0) is 0 Å². The van der Waals surface area contributed by atoms with E-state index in [0.717, 1.165) is 22.8 Å². The largest absolute Gasteiger partial charge is 0.388 e. The topological polar surface area (TPSA) is 49.8 Å². The van der Waals surface area contributed by atoms with Crippen molar-refractivity contribution in [1.29, 1.82) is 0 Å². The highest BCUT2D eigenvalue weighted by atomic mass is 15.1. The van der Waals surface area contributed by atoms with Gasteiger partial charge in [-0.2, -0.15) is 0 Å². The second-order valence-corrected chi connectivity index (χ2v) is 3.93. The lowest BCUT2D eigenvalue weighted by Gasteiger charge is -2.08. The van der Waals surface area contributed by atoms with E-state index in [4.69, 9.17) is 0 Å². The van der Waals surface area contributed by atoms with Crippen molar-refractivity contribution < 1.29 is 0 Å². The fourth-order valence-electron chi connectivity index (χ4n) is 1.66. The molecular formula is C13H16N4. The number of rotatable bonds is 3. The number of benzene rings is 1. The Morgan fingerprint density at radius 1 is 0.941 bits per heavy atom. The second-order valence-electron chi connectivity index (χ2n) is 3.93. The third kappa shape index (κ3) is 2.93. The Hall–Kier alpha value is -2.10. The maximum absolute atomic E-state index is 4.34. The fraction of sp³-hybridized carbons (Fsp3) is 0.231. The highest BCUT2D eigenvalue weighted by Crippen LogP contribution is 2.17. The third-order valence-corrected chi connectivity index (χ3v) is 2.39. The molecule has 2 aromatic rings. The Kier molecular flexibility index (Phi) is 3.23. The number of nitrogens with zero attached hydrogens (tertiary/aromatic N) is 2. The van der Waals surface area contributed by atoms with E-state index in [2.05, 4.69) is 20.6 Å². The molecule has 0 aliphatic heterocycles. The van der Waals surface area contributed by atoms with Crippen molar-refractivity contribution in [2.75, 3.05) is 17.7 Å². The van der Waals surface area contributed by atoms with E-state index >= 15 is 0 Å². The number of hydrogen-bond acceptors (Lipinski definition) is 4. The summed E-state index contributed by atoms with van der Waals surface area (Å²) in [6.07, 6.45) is 0. The van der Waals surface area contributed by atoms with E-state index in [1.54, 1.807) is 0 Å². The van der Waals surface area contributed by atoms with Crippen LogP contribution in [0.2, 0.25) is 0 Å². The van der Waals surface area contributed by atoms with Gasteiger partial charge >= 0.3 is 0 Å². The maximum Gasteiger partial charge on any atom is 0.227 e. The molecule has 0 saturated carbocycles. The zero-order chi connectivity index (χ0) is 12.3. The van der Waals surface area contributed by atoms with Crippen molar-refractivity contribution in [2.24, 2.45) is 0 Å². The Balaban J connectivity index is 2.24. The standard InChI is InChI=1S/C13H16N4/c1-9-7-10(2)16-13(15-9)17-12-6-4-5-11(8-12)14-3/h4-8,14H,1-3H3,(H,15,16,17). The van der Waals surface area contributed by atoms with Crippen molar-refractivity contribution in [3.8, 4) is 0 Å². The van der Waals surface area contributed by atoms with Gasteiger partial charge in [0.1, 0.15) is 0 Å². The highest BCUT2D eigenvalue weighted by molar-refractivity contribution is 5.60. The first kappa shape index (κ1) is 11.4. The van der Waals surface area contributed by atoms with Crippen LogP contribution in [0, 0.1) is 13.8 Å². The van der Waals surface area contributed by atoms with Crippen LogP contribution in [0.3, 0.4) is 0 Å². The van der Waals surface area contributed by atoms with E-state index in [-0.39, 0.29) is 0 Å². The van der Waals surface area contributed by atoms with Gasteiger partial charge in [0.25, 0.3) is 0 Å². The van der Waals surface area contributed by atoms with Crippen LogP contribution < -0.4 is 10.6 Å². The molecule has 0 aliphatic rings. The first-order valence-electron chi connectivity index (χ1n) is 5.54. The van der Waals surface area contributed by atoms with E-state index < -0.39 is 0 Å². The predicted molar refractivity (Wildman–Crippen MR) is 70.8 cm³/mol. The van der Waals surface area contributed by atoms with Crippen molar-refractivity contribution in [3.63, 3.8) is 0 Å². The SMILES string of the molecule is CNc1cccc(Nc2nc(C)cc(C)n2)c1. The molecule has 2 rings (SSSR count). The van der Waals surface area contributed by atoms with E-state index in [1.165, 1.54) is 0 Å². The summed E-state index contributed by atoms with van der Waals surface area (Å²) in [5, 5.41) is 6.29. The summed E-state index contributed by atoms with van der Waals surface area (Å²) < 4.78 is 0. The fourth-order valence-corrected chi connectivity index (χ4v) is 1.66. The van der Waals surface area contributed by atoms with Crippen LogP contribution in [0.25, 0.3) is 0 Å². The molecule has 4 heteroatoms. The van der Waals surface area contributed by atoms with Crippen LogP contribution in [-0.4, -0.2) is 17.0 Å². The molecule has 0 aliphatic carbocycles. The van der Waals surface area contributed by atoms with Crippen LogP contribution in [0.1, 0.15) is 11.4 Å². The lowest BCUT2D eigenvalue weighted by molar-refractivity contribution is 1.06. The first-order chi connectivity index (χ1) is 8.17. The third-order valence-electron chi connectivity index (χ3n) is 2.39. The number of aryl methyl sites for hydroxylation is 2. The number of anilines is 3. The molecule has 0 bridgehead atoms. The molecule has 0 unspecified atom stereocenters. The number of hydrogen-bond donors (Lipinski definition) is 2. The minimum absolute atomic E-state index is 0.635. The van der Waals surface area contributed by atoms with Gasteiger partial charge in [0.05, 0.1) is 0 Å². The first-order valence-corrected chi connectivity index (χ1v) is 5.54. The molecule has 17 heavy (non-hydrogen) atoms. The summed E-state index contributed by atoms with van der Waals surface area (Å²) in [4.78, 5) is 8.68. The van der Waals surface area contributed by atoms with Gasteiger partial charge < -0.3 is 10.6 Å². The average Bonchev–Trinajstić information content (AvgIpc) is 2.28. The Bertz CT molecular complexity index is 502. The van der Waals surface area contributed by atoms with Gasteiger partial charge in [0, 0.05) is 29.8 Å². The molecule has 0 fully saturated rings. The molecule has 0 amide bonds. The van der Waals surface area contributed by atoms with E-state index in [1.807, 2.05) is 51.2 Å². The minimum Gasteiger partial charge on any atom is -0.388 e. The molecule has 2 N–H and O–H groups in total. The molecule has 0 atom stereocenters. The highest BCUT2D eigenvalue weighted by Gasteiger charge is 2.00. The van der Waals surface area contributed by atoms with Gasteiger partial charge in [-0.1, -0.05) is 6.07 Å². The molecule has 4 nitrogen and oxygen atoms in total. The molecular weight excluding hydrogens is 212 g/mol. The lowest BCUT2D eigenvalue weighted by atomic mass is 10.3. The Morgan fingerprint density at radius 2 is 1.59 bits per heavy atom. The monoisotopic (exact) mass is 228 g/mol.